The number of fused-ring (bicyclic) bond motifs is 1. The number of aromatic nitrogens is 1. The molecule has 0 spiro atoms. The normalized spacial score (nSPS) is 21.0. The lowest BCUT2D eigenvalue weighted by Crippen LogP contribution is -2.52. The number of ether oxygens (including phenoxy) is 1. The van der Waals surface area contributed by atoms with Gasteiger partial charge < -0.3 is 19.1 Å². The third-order valence-corrected chi connectivity index (χ3v) is 9.16. The second-order valence-corrected chi connectivity index (χ2v) is 12.2. The maximum absolute atomic E-state index is 13.6. The van der Waals surface area contributed by atoms with E-state index in [1.807, 2.05) is 25.1 Å². The summed E-state index contributed by atoms with van der Waals surface area (Å²) in [6, 6.07) is 12.5. The minimum Gasteiger partial charge on any atom is -0.493 e. The number of likely N-dealkylation sites (N-methyl/N-ethyl adjacent to an activating group) is 1. The molecule has 0 radical (unpaired) electrons. The topological polar surface area (TPSA) is 41.0 Å². The summed E-state index contributed by atoms with van der Waals surface area (Å²) in [6.45, 7) is 11.0. The molecular formula is C32H43ClN4O2. The molecule has 1 aromatic heterocycles. The monoisotopic (exact) mass is 550 g/mol. The van der Waals surface area contributed by atoms with Gasteiger partial charge in [0.05, 0.1) is 12.1 Å². The number of rotatable bonds is 8. The Bertz CT molecular complexity index is 1310. The lowest BCUT2D eigenvalue weighted by molar-refractivity contribution is -0.137. The predicted octanol–water partition coefficient (Wildman–Crippen LogP) is 5.53. The van der Waals surface area contributed by atoms with Crippen LogP contribution in [0.25, 0.3) is 10.9 Å². The molecule has 210 valence electrons. The van der Waals surface area contributed by atoms with Gasteiger partial charge in [-0.05, 0) is 74.7 Å². The van der Waals surface area contributed by atoms with Gasteiger partial charge in [-0.3, -0.25) is 9.69 Å². The quantitative estimate of drug-likeness (QED) is 0.370. The molecule has 1 atom stereocenters. The van der Waals surface area contributed by atoms with Crippen molar-refractivity contribution in [3.05, 3.63) is 64.3 Å². The van der Waals surface area contributed by atoms with Gasteiger partial charge in [0, 0.05) is 74.8 Å². The summed E-state index contributed by atoms with van der Waals surface area (Å²) in [5.41, 5.74) is 4.86. The Balaban J connectivity index is 1.37. The van der Waals surface area contributed by atoms with Gasteiger partial charge in [-0.1, -0.05) is 36.7 Å². The highest BCUT2D eigenvalue weighted by Crippen LogP contribution is 2.37. The van der Waals surface area contributed by atoms with Gasteiger partial charge in [-0.2, -0.15) is 0 Å². The molecule has 2 aromatic carbocycles. The number of likely N-dealkylation sites (tertiary alicyclic amines) is 1. The predicted molar refractivity (Wildman–Crippen MR) is 160 cm³/mol. The van der Waals surface area contributed by atoms with E-state index in [0.717, 1.165) is 81.4 Å². The molecule has 1 amide bonds. The van der Waals surface area contributed by atoms with E-state index in [-0.39, 0.29) is 11.3 Å². The summed E-state index contributed by atoms with van der Waals surface area (Å²) < 4.78 is 8.71. The van der Waals surface area contributed by atoms with Crippen LogP contribution in [0.5, 0.6) is 5.75 Å². The van der Waals surface area contributed by atoms with E-state index in [9.17, 15) is 4.79 Å². The van der Waals surface area contributed by atoms with E-state index in [0.29, 0.717) is 13.0 Å². The summed E-state index contributed by atoms with van der Waals surface area (Å²) in [5.74, 6) is 1.08. The summed E-state index contributed by atoms with van der Waals surface area (Å²) in [7, 11) is 4.28. The number of hydrogen-bond acceptors (Lipinski definition) is 4. The fourth-order valence-corrected chi connectivity index (χ4v) is 6.59. The van der Waals surface area contributed by atoms with E-state index >= 15 is 0 Å². The Morgan fingerprint density at radius 3 is 2.59 bits per heavy atom. The fourth-order valence-electron chi connectivity index (χ4n) is 6.48. The molecule has 0 N–H and O–H groups in total. The molecule has 2 saturated heterocycles. The van der Waals surface area contributed by atoms with Crippen molar-refractivity contribution < 1.29 is 9.53 Å². The van der Waals surface area contributed by atoms with Crippen molar-refractivity contribution in [2.45, 2.75) is 46.1 Å². The zero-order valence-electron chi connectivity index (χ0n) is 24.0. The van der Waals surface area contributed by atoms with Crippen LogP contribution in [-0.4, -0.2) is 78.1 Å². The smallest absolute Gasteiger partial charge is 0.223 e. The van der Waals surface area contributed by atoms with Crippen molar-refractivity contribution in [1.29, 1.82) is 0 Å². The molecule has 0 unspecified atom stereocenters. The fraction of sp³-hybridized carbons (Fsp3) is 0.531. The highest BCUT2D eigenvalue weighted by molar-refractivity contribution is 6.31. The number of halogens is 1. The highest BCUT2D eigenvalue weighted by atomic mass is 35.5. The molecule has 0 aliphatic carbocycles. The van der Waals surface area contributed by atoms with Crippen molar-refractivity contribution in [2.75, 3.05) is 52.9 Å². The SMILES string of the molecule is CCc1cccc2c(CN3CCC[C@@](COc4ccc(Cl)c(C)c4)(CC(=O)N4CCN(C)CC4)C3)cn(C)c12. The first kappa shape index (κ1) is 28.0. The van der Waals surface area contributed by atoms with Gasteiger partial charge in [0.25, 0.3) is 0 Å². The Kier molecular flexibility index (Phi) is 8.55. The van der Waals surface area contributed by atoms with Crippen molar-refractivity contribution in [3.63, 3.8) is 0 Å². The second-order valence-electron chi connectivity index (χ2n) is 11.8. The zero-order valence-corrected chi connectivity index (χ0v) is 24.8. The van der Waals surface area contributed by atoms with Crippen LogP contribution in [0.3, 0.4) is 0 Å². The molecule has 7 heteroatoms. The largest absolute Gasteiger partial charge is 0.493 e. The Morgan fingerprint density at radius 1 is 1.05 bits per heavy atom. The van der Waals surface area contributed by atoms with Crippen LogP contribution in [0.15, 0.2) is 42.6 Å². The summed E-state index contributed by atoms with van der Waals surface area (Å²) >= 11 is 6.26. The van der Waals surface area contributed by atoms with Crippen molar-refractivity contribution >= 4 is 28.4 Å². The summed E-state index contributed by atoms with van der Waals surface area (Å²) in [6.07, 6.45) is 5.89. The van der Waals surface area contributed by atoms with E-state index < -0.39 is 0 Å². The van der Waals surface area contributed by atoms with Crippen LogP contribution in [0.1, 0.15) is 42.9 Å². The van der Waals surface area contributed by atoms with E-state index in [1.165, 1.54) is 22.0 Å². The molecule has 2 fully saturated rings. The Morgan fingerprint density at radius 2 is 1.85 bits per heavy atom. The number of benzene rings is 2. The van der Waals surface area contributed by atoms with Crippen LogP contribution >= 0.6 is 11.6 Å². The van der Waals surface area contributed by atoms with Gasteiger partial charge in [0.1, 0.15) is 5.75 Å². The molecule has 3 heterocycles. The van der Waals surface area contributed by atoms with Crippen LogP contribution in [0.4, 0.5) is 0 Å². The third kappa shape index (κ3) is 6.29. The molecule has 2 aliphatic heterocycles. The van der Waals surface area contributed by atoms with Gasteiger partial charge in [-0.25, -0.2) is 0 Å². The maximum Gasteiger partial charge on any atom is 0.223 e. The average Bonchev–Trinajstić information content (AvgIpc) is 3.25. The molecule has 5 rings (SSSR count). The van der Waals surface area contributed by atoms with Gasteiger partial charge in [-0.15, -0.1) is 0 Å². The lowest BCUT2D eigenvalue weighted by Gasteiger charge is -2.43. The molecule has 6 nitrogen and oxygen atoms in total. The van der Waals surface area contributed by atoms with E-state index in [2.05, 4.69) is 64.7 Å². The van der Waals surface area contributed by atoms with Crippen LogP contribution in [-0.2, 0) is 24.8 Å². The number of para-hydroxylation sites is 1. The number of amides is 1. The lowest BCUT2D eigenvalue weighted by atomic mass is 9.77. The number of piperazine rings is 1. The van der Waals surface area contributed by atoms with E-state index in [4.69, 9.17) is 16.3 Å². The molecule has 2 aliphatic rings. The number of piperidine rings is 1. The van der Waals surface area contributed by atoms with Crippen molar-refractivity contribution in [2.24, 2.45) is 12.5 Å². The van der Waals surface area contributed by atoms with Crippen molar-refractivity contribution in [1.82, 2.24) is 19.3 Å². The highest BCUT2D eigenvalue weighted by Gasteiger charge is 2.40. The minimum atomic E-state index is -0.231. The van der Waals surface area contributed by atoms with Gasteiger partial charge >= 0.3 is 0 Å². The number of aryl methyl sites for hydroxylation is 3. The third-order valence-electron chi connectivity index (χ3n) is 8.74. The molecular weight excluding hydrogens is 508 g/mol. The maximum atomic E-state index is 13.6. The standard InChI is InChI=1S/C32H43ClN4O2/c1-5-25-8-6-9-28-26(20-35(4)31(25)28)21-36-13-7-12-32(22-36,19-30(38)37-16-14-34(3)15-17-37)23-39-27-10-11-29(33)24(2)18-27/h6,8-11,18,20H,5,7,12-17,19,21-23H2,1-4H3/t32-/m1/s1. The minimum absolute atomic E-state index is 0.231. The summed E-state index contributed by atoms with van der Waals surface area (Å²) in [5, 5.41) is 2.09. The molecule has 39 heavy (non-hydrogen) atoms. The number of carbonyl (C=O) groups is 1. The van der Waals surface area contributed by atoms with Crippen LogP contribution < -0.4 is 4.74 Å². The first-order valence-corrected chi connectivity index (χ1v) is 14.8. The zero-order chi connectivity index (χ0) is 27.6. The summed E-state index contributed by atoms with van der Waals surface area (Å²) in [4.78, 5) is 20.5. The van der Waals surface area contributed by atoms with Crippen LogP contribution in [0, 0.1) is 12.3 Å². The number of hydrogen-bond donors (Lipinski definition) is 0. The average molecular weight is 551 g/mol. The Hall–Kier alpha value is -2.54. The van der Waals surface area contributed by atoms with Crippen molar-refractivity contribution in [3.8, 4) is 5.75 Å². The molecule has 0 saturated carbocycles. The Labute approximate surface area is 238 Å². The van der Waals surface area contributed by atoms with E-state index in [1.54, 1.807) is 0 Å². The first-order chi connectivity index (χ1) is 18.8. The van der Waals surface area contributed by atoms with Gasteiger partial charge in [0.15, 0.2) is 0 Å². The van der Waals surface area contributed by atoms with Crippen LogP contribution in [0.2, 0.25) is 5.02 Å². The van der Waals surface area contributed by atoms with Gasteiger partial charge in [0.2, 0.25) is 5.91 Å². The first-order valence-electron chi connectivity index (χ1n) is 14.4. The second kappa shape index (κ2) is 11.9. The number of carbonyl (C=O) groups excluding carboxylic acids is 1. The molecule has 0 bridgehead atoms. The number of nitrogens with zero attached hydrogens (tertiary/aromatic N) is 4. The molecule has 3 aromatic rings.